The quantitative estimate of drug-likeness (QED) is 0.513. The van der Waals surface area contributed by atoms with Crippen molar-refractivity contribution in [2.45, 2.75) is 28.9 Å². The van der Waals surface area contributed by atoms with Crippen LogP contribution in [-0.2, 0) is 4.79 Å². The van der Waals surface area contributed by atoms with E-state index in [0.717, 1.165) is 32.6 Å². The summed E-state index contributed by atoms with van der Waals surface area (Å²) in [5.74, 6) is 0.959. The molecule has 0 bridgehead atoms. The van der Waals surface area contributed by atoms with Crippen molar-refractivity contribution in [2.75, 3.05) is 10.7 Å². The molecule has 26 heavy (non-hydrogen) atoms. The van der Waals surface area contributed by atoms with Gasteiger partial charge in [0.1, 0.15) is 5.76 Å². The molecule has 0 radical (unpaired) electrons. The highest BCUT2D eigenvalue weighted by Crippen LogP contribution is 2.49. The second-order valence-electron chi connectivity index (χ2n) is 5.82. The van der Waals surface area contributed by atoms with Crippen molar-refractivity contribution in [2.24, 2.45) is 0 Å². The molecule has 2 aromatic carbocycles. The molecule has 132 valence electrons. The predicted molar refractivity (Wildman–Crippen MR) is 106 cm³/mol. The number of rotatable bonds is 3. The Morgan fingerprint density at radius 1 is 1.19 bits per heavy atom. The number of nitrogens with zero attached hydrogens (tertiary/aromatic N) is 2. The average Bonchev–Trinajstić information content (AvgIpc) is 2.95. The first kappa shape index (κ1) is 17.5. The fraction of sp³-hybridized carbons (Fsp3) is 0.158. The van der Waals surface area contributed by atoms with Gasteiger partial charge in [0.15, 0.2) is 0 Å². The molecule has 2 heterocycles. The molecular weight excluding hydrogens is 388 g/mol. The van der Waals surface area contributed by atoms with E-state index in [1.807, 2.05) is 56.3 Å². The maximum atomic E-state index is 13.1. The fourth-order valence-corrected chi connectivity index (χ4v) is 4.66. The van der Waals surface area contributed by atoms with Gasteiger partial charge in [-0.3, -0.25) is 9.69 Å². The number of aryl methyl sites for hydroxylation is 2. The number of anilines is 2. The summed E-state index contributed by atoms with van der Waals surface area (Å²) in [7, 11) is 0. The van der Waals surface area contributed by atoms with E-state index in [-0.39, 0.29) is 11.7 Å². The van der Waals surface area contributed by atoms with Gasteiger partial charge in [-0.15, -0.1) is 0 Å². The predicted octanol–water partition coefficient (Wildman–Crippen LogP) is 5.87. The van der Waals surface area contributed by atoms with Crippen LogP contribution >= 0.6 is 35.1 Å². The van der Waals surface area contributed by atoms with Crippen LogP contribution in [0.5, 0.6) is 0 Å². The van der Waals surface area contributed by atoms with Crippen LogP contribution in [0, 0.1) is 13.8 Å². The van der Waals surface area contributed by atoms with Crippen molar-refractivity contribution in [1.29, 1.82) is 0 Å². The Kier molecular flexibility index (Phi) is 4.73. The van der Waals surface area contributed by atoms with E-state index >= 15 is 0 Å². The van der Waals surface area contributed by atoms with Gasteiger partial charge >= 0.3 is 0 Å². The van der Waals surface area contributed by atoms with Gasteiger partial charge < -0.3 is 4.42 Å². The first-order valence-corrected chi connectivity index (χ1v) is 10.2. The van der Waals surface area contributed by atoms with Gasteiger partial charge in [-0.25, -0.2) is 4.98 Å². The number of carbonyl (C=O) groups excluding carboxylic acids is 1. The molecule has 0 fully saturated rings. The minimum Gasteiger partial charge on any atom is -0.437 e. The molecule has 7 heteroatoms. The number of oxazole rings is 1. The van der Waals surface area contributed by atoms with Gasteiger partial charge in [0.05, 0.1) is 22.8 Å². The van der Waals surface area contributed by atoms with Crippen molar-refractivity contribution in [3.05, 3.63) is 58.9 Å². The van der Waals surface area contributed by atoms with Crippen LogP contribution in [0.4, 0.5) is 11.4 Å². The number of fused-ring (bicyclic) bond motifs is 2. The highest BCUT2D eigenvalue weighted by atomic mass is 35.5. The minimum atomic E-state index is -0.0419. The van der Waals surface area contributed by atoms with Crippen LogP contribution in [0.2, 0.25) is 5.02 Å². The molecule has 1 aromatic heterocycles. The number of hydrogen-bond donors (Lipinski definition) is 0. The lowest BCUT2D eigenvalue weighted by Gasteiger charge is -2.31. The maximum absolute atomic E-state index is 13.1. The third-order valence-corrected chi connectivity index (χ3v) is 6.24. The van der Waals surface area contributed by atoms with Gasteiger partial charge in [0.25, 0.3) is 5.22 Å². The standard InChI is InChI=1S/C19H15ClN2O2S2/c1-11-12(2)24-19(21-11)25-10-18(23)22-14-5-3-4-6-16(14)26-17-8-7-13(20)9-15(17)22/h3-9H,10H2,1-2H3. The second kappa shape index (κ2) is 7.02. The number of benzene rings is 2. The van der Waals surface area contributed by atoms with Crippen LogP contribution in [0.1, 0.15) is 11.5 Å². The number of hydrogen-bond acceptors (Lipinski definition) is 5. The van der Waals surface area contributed by atoms with Crippen LogP contribution in [0.3, 0.4) is 0 Å². The van der Waals surface area contributed by atoms with Crippen molar-refractivity contribution in [1.82, 2.24) is 4.98 Å². The smallest absolute Gasteiger partial charge is 0.256 e. The SMILES string of the molecule is Cc1nc(SCC(=O)N2c3ccccc3Sc3ccc(Cl)cc32)oc1C. The Labute approximate surface area is 164 Å². The number of carbonyl (C=O) groups is 1. The topological polar surface area (TPSA) is 46.3 Å². The lowest BCUT2D eigenvalue weighted by molar-refractivity contribution is -0.115. The summed E-state index contributed by atoms with van der Waals surface area (Å²) in [6.45, 7) is 3.76. The number of aromatic nitrogens is 1. The van der Waals surface area contributed by atoms with Crippen molar-refractivity contribution >= 4 is 52.4 Å². The van der Waals surface area contributed by atoms with Crippen molar-refractivity contribution < 1.29 is 9.21 Å². The summed E-state index contributed by atoms with van der Waals surface area (Å²) < 4.78 is 5.57. The van der Waals surface area contributed by atoms with Gasteiger partial charge in [-0.05, 0) is 44.2 Å². The molecule has 0 saturated carbocycles. The Bertz CT molecular complexity index is 983. The third kappa shape index (κ3) is 3.24. The molecule has 1 amide bonds. The summed E-state index contributed by atoms with van der Waals surface area (Å²) in [4.78, 5) is 21.2. The van der Waals surface area contributed by atoms with Crippen LogP contribution in [-0.4, -0.2) is 16.6 Å². The molecular formula is C19H15ClN2O2S2. The van der Waals surface area contributed by atoms with E-state index < -0.39 is 0 Å². The van der Waals surface area contributed by atoms with E-state index in [4.69, 9.17) is 16.0 Å². The monoisotopic (exact) mass is 402 g/mol. The molecule has 4 nitrogen and oxygen atoms in total. The van der Waals surface area contributed by atoms with Crippen molar-refractivity contribution in [3.63, 3.8) is 0 Å². The van der Waals surface area contributed by atoms with Gasteiger partial charge in [-0.1, -0.05) is 47.3 Å². The van der Waals surface area contributed by atoms with E-state index in [1.165, 1.54) is 11.8 Å². The first-order chi connectivity index (χ1) is 12.5. The molecule has 1 aliphatic rings. The highest BCUT2D eigenvalue weighted by molar-refractivity contribution is 8.00. The third-order valence-electron chi connectivity index (χ3n) is 4.07. The van der Waals surface area contributed by atoms with E-state index in [0.29, 0.717) is 10.2 Å². The lowest BCUT2D eigenvalue weighted by Crippen LogP contribution is -2.30. The second-order valence-corrected chi connectivity index (χ2v) is 8.27. The minimum absolute atomic E-state index is 0.0419. The van der Waals surface area contributed by atoms with E-state index in [2.05, 4.69) is 4.98 Å². The highest BCUT2D eigenvalue weighted by Gasteiger charge is 2.28. The van der Waals surface area contributed by atoms with E-state index in [1.54, 1.807) is 16.7 Å². The summed E-state index contributed by atoms with van der Waals surface area (Å²) >= 11 is 9.13. The summed E-state index contributed by atoms with van der Waals surface area (Å²) in [6.07, 6.45) is 0. The zero-order valence-electron chi connectivity index (χ0n) is 14.2. The van der Waals surface area contributed by atoms with Crippen LogP contribution < -0.4 is 4.90 Å². The fourth-order valence-electron chi connectivity index (χ4n) is 2.69. The number of thioether (sulfide) groups is 1. The molecule has 4 rings (SSSR count). The molecule has 0 spiro atoms. The molecule has 0 saturated heterocycles. The number of halogens is 1. The number of amides is 1. The van der Waals surface area contributed by atoms with E-state index in [9.17, 15) is 4.79 Å². The van der Waals surface area contributed by atoms with Crippen LogP contribution in [0.25, 0.3) is 0 Å². The normalized spacial score (nSPS) is 12.7. The number of para-hydroxylation sites is 1. The molecule has 0 N–H and O–H groups in total. The maximum Gasteiger partial charge on any atom is 0.256 e. The summed E-state index contributed by atoms with van der Waals surface area (Å²) in [5.41, 5.74) is 2.53. The zero-order chi connectivity index (χ0) is 18.3. The van der Waals surface area contributed by atoms with Gasteiger partial charge in [0, 0.05) is 14.8 Å². The molecule has 0 unspecified atom stereocenters. The average molecular weight is 403 g/mol. The largest absolute Gasteiger partial charge is 0.437 e. The Morgan fingerprint density at radius 3 is 2.73 bits per heavy atom. The van der Waals surface area contributed by atoms with Crippen LogP contribution in [0.15, 0.2) is 61.9 Å². The molecule has 1 aliphatic heterocycles. The Morgan fingerprint density at radius 2 is 1.96 bits per heavy atom. The van der Waals surface area contributed by atoms with Crippen molar-refractivity contribution in [3.8, 4) is 0 Å². The Balaban J connectivity index is 1.66. The summed E-state index contributed by atoms with van der Waals surface area (Å²) in [6, 6.07) is 13.5. The van der Waals surface area contributed by atoms with Gasteiger partial charge in [0.2, 0.25) is 5.91 Å². The zero-order valence-corrected chi connectivity index (χ0v) is 16.5. The van der Waals surface area contributed by atoms with Gasteiger partial charge in [-0.2, -0.15) is 0 Å². The molecule has 0 atom stereocenters. The summed E-state index contributed by atoms with van der Waals surface area (Å²) in [5, 5.41) is 1.12. The molecule has 3 aromatic rings. The first-order valence-electron chi connectivity index (χ1n) is 7.99. The molecule has 0 aliphatic carbocycles. The Hall–Kier alpha value is -1.89. The lowest BCUT2D eigenvalue weighted by atomic mass is 10.2.